The molecule has 2 atom stereocenters. The molecule has 91 heavy (non-hydrogen) atoms. The van der Waals surface area contributed by atoms with Crippen molar-refractivity contribution in [2.45, 2.75) is 341 Å². The molecule has 0 amide bonds. The van der Waals surface area contributed by atoms with Gasteiger partial charge >= 0.3 is 19.8 Å². The number of ether oxygens (including phenoxy) is 2. The Morgan fingerprint density at radius 1 is 0.341 bits per heavy atom. The van der Waals surface area contributed by atoms with E-state index in [0.29, 0.717) is 6.42 Å². The number of phosphoric ester groups is 1. The molecule has 0 aliphatic heterocycles. The highest BCUT2D eigenvalue weighted by Crippen LogP contribution is 2.43. The second-order valence-corrected chi connectivity index (χ2v) is 26.2. The molecule has 0 aliphatic carbocycles. The first kappa shape index (κ1) is 87.2. The van der Waals surface area contributed by atoms with E-state index >= 15 is 0 Å². The largest absolute Gasteiger partial charge is 0.472 e. The highest BCUT2D eigenvalue weighted by molar-refractivity contribution is 7.47. The number of phosphoric acid groups is 1. The van der Waals surface area contributed by atoms with E-state index in [2.05, 4.69) is 148 Å². The summed E-state index contributed by atoms with van der Waals surface area (Å²) in [4.78, 5) is 35.4. The third kappa shape index (κ3) is 75.1. The first-order chi connectivity index (χ1) is 44.8. The topological polar surface area (TPSA) is 134 Å². The standard InChI is InChI=1S/C81H140NO8P/c1-3-5-7-9-11-13-15-17-19-21-23-25-27-29-31-33-35-36-37-38-39-40-41-42-44-46-48-50-52-54-56-58-60-62-64-66-68-70-72-74-81(84)90-79(78-89-91(85,86)88-76-75-82)77-87-80(83)73-71-69-67-65-63-61-59-57-55-53-51-49-47-45-43-34-32-30-28-26-24-22-20-18-16-14-12-10-8-6-4-2/h5,7,11,13,17,19,22-25,29,31,35-36,38-39,41-42,46,48,52,54,79H,3-4,6,8-10,12,14-16,18,20-21,26-28,30,32-34,37,40,43-45,47,49-51,53,55-78,82H2,1-2H3,(H,85,86)/b7-5-,13-11-,19-17-,24-22-,25-23-,31-29-,36-35-,39-38-,42-41-,48-46-,54-52-. The number of carbonyl (C=O) groups excluding carboxylic acids is 2. The van der Waals surface area contributed by atoms with Crippen molar-refractivity contribution in [1.82, 2.24) is 0 Å². The van der Waals surface area contributed by atoms with Crippen LogP contribution in [0.1, 0.15) is 335 Å². The Balaban J connectivity index is 3.92. The van der Waals surface area contributed by atoms with Crippen LogP contribution in [0.2, 0.25) is 0 Å². The number of hydrogen-bond donors (Lipinski definition) is 2. The molecule has 0 fully saturated rings. The number of nitrogens with two attached hydrogens (primary N) is 1. The van der Waals surface area contributed by atoms with Gasteiger partial charge in [0.05, 0.1) is 13.2 Å². The van der Waals surface area contributed by atoms with Crippen LogP contribution in [0, 0.1) is 0 Å². The molecule has 0 aliphatic rings. The summed E-state index contributed by atoms with van der Waals surface area (Å²) in [6.45, 7) is 3.65. The van der Waals surface area contributed by atoms with Crippen molar-refractivity contribution in [2.75, 3.05) is 26.4 Å². The summed E-state index contributed by atoms with van der Waals surface area (Å²) in [5.41, 5.74) is 5.41. The zero-order chi connectivity index (χ0) is 65.8. The number of allylic oxidation sites excluding steroid dienone is 22. The molecule has 2 unspecified atom stereocenters. The van der Waals surface area contributed by atoms with Gasteiger partial charge in [-0.3, -0.25) is 18.6 Å². The minimum Gasteiger partial charge on any atom is -0.462 e. The first-order valence-electron chi connectivity index (χ1n) is 37.7. The molecule has 0 aromatic heterocycles. The summed E-state index contributed by atoms with van der Waals surface area (Å²) in [5.74, 6) is -0.832. The Kier molecular flexibility index (Phi) is 72.0. The summed E-state index contributed by atoms with van der Waals surface area (Å²) < 4.78 is 33.2. The van der Waals surface area contributed by atoms with Crippen LogP contribution in [-0.4, -0.2) is 49.3 Å². The van der Waals surface area contributed by atoms with Gasteiger partial charge in [0.15, 0.2) is 6.10 Å². The second-order valence-electron chi connectivity index (χ2n) is 24.8. The zero-order valence-corrected chi connectivity index (χ0v) is 59.7. The highest BCUT2D eigenvalue weighted by atomic mass is 31.2. The first-order valence-corrected chi connectivity index (χ1v) is 39.2. The van der Waals surface area contributed by atoms with Crippen molar-refractivity contribution < 1.29 is 37.6 Å². The van der Waals surface area contributed by atoms with Gasteiger partial charge in [-0.25, -0.2) is 4.57 Å². The molecule has 9 nitrogen and oxygen atoms in total. The molecule has 0 heterocycles. The van der Waals surface area contributed by atoms with Crippen LogP contribution in [0.4, 0.5) is 0 Å². The number of esters is 2. The molecule has 0 saturated heterocycles. The summed E-state index contributed by atoms with van der Waals surface area (Å²) in [5, 5.41) is 0. The lowest BCUT2D eigenvalue weighted by molar-refractivity contribution is -0.161. The minimum atomic E-state index is -4.41. The predicted molar refractivity (Wildman–Crippen MR) is 394 cm³/mol. The van der Waals surface area contributed by atoms with Crippen LogP contribution < -0.4 is 5.73 Å². The van der Waals surface area contributed by atoms with Gasteiger partial charge in [0.25, 0.3) is 0 Å². The summed E-state index contributed by atoms with van der Waals surface area (Å²) >= 11 is 0. The molecule has 522 valence electrons. The Morgan fingerprint density at radius 2 is 0.604 bits per heavy atom. The van der Waals surface area contributed by atoms with Crippen LogP contribution in [0.15, 0.2) is 134 Å². The SMILES string of the molecule is CC/C=C\C/C=C\C/C=C\C/C=C\C/C=C\C/C=C\C/C=C\C/C=C\C/C=C\C/C=C\CCCCCCCCCCC(=O)OC(COC(=O)CCCCCCCCCCCCCCCCCCCCC/C=C\CCCCCCCCCC)COP(=O)(O)OCCN. The molecular formula is C81H140NO8P. The molecule has 0 aromatic carbocycles. The van der Waals surface area contributed by atoms with E-state index in [1.165, 1.54) is 193 Å². The van der Waals surface area contributed by atoms with Crippen molar-refractivity contribution in [2.24, 2.45) is 5.73 Å². The third-order valence-electron chi connectivity index (χ3n) is 16.0. The lowest BCUT2D eigenvalue weighted by Gasteiger charge is -2.19. The molecular weight excluding hydrogens is 1150 g/mol. The van der Waals surface area contributed by atoms with Gasteiger partial charge < -0.3 is 20.1 Å². The smallest absolute Gasteiger partial charge is 0.462 e. The average molecular weight is 1290 g/mol. The molecule has 0 aromatic rings. The number of unbranched alkanes of at least 4 members (excludes halogenated alkanes) is 35. The van der Waals surface area contributed by atoms with Gasteiger partial charge in [0.2, 0.25) is 0 Å². The van der Waals surface area contributed by atoms with Crippen LogP contribution in [-0.2, 0) is 32.7 Å². The monoisotopic (exact) mass is 1290 g/mol. The van der Waals surface area contributed by atoms with Gasteiger partial charge in [-0.2, -0.15) is 0 Å². The molecule has 0 spiro atoms. The van der Waals surface area contributed by atoms with E-state index < -0.39 is 26.5 Å². The predicted octanol–water partition coefficient (Wildman–Crippen LogP) is 25.2. The van der Waals surface area contributed by atoms with Crippen LogP contribution in [0.3, 0.4) is 0 Å². The van der Waals surface area contributed by atoms with Gasteiger partial charge in [-0.15, -0.1) is 0 Å². The number of rotatable bonds is 70. The minimum absolute atomic E-state index is 0.0473. The fourth-order valence-electron chi connectivity index (χ4n) is 10.5. The average Bonchev–Trinajstić information content (AvgIpc) is 3.71. The van der Waals surface area contributed by atoms with Gasteiger partial charge in [-0.05, 0) is 116 Å². The van der Waals surface area contributed by atoms with Crippen molar-refractivity contribution >= 4 is 19.8 Å². The van der Waals surface area contributed by atoms with Gasteiger partial charge in [-0.1, -0.05) is 340 Å². The van der Waals surface area contributed by atoms with Gasteiger partial charge in [0, 0.05) is 19.4 Å². The fourth-order valence-corrected chi connectivity index (χ4v) is 11.3. The lowest BCUT2D eigenvalue weighted by Crippen LogP contribution is -2.29. The molecule has 0 radical (unpaired) electrons. The van der Waals surface area contributed by atoms with Crippen molar-refractivity contribution in [3.8, 4) is 0 Å². The van der Waals surface area contributed by atoms with E-state index in [9.17, 15) is 19.0 Å². The van der Waals surface area contributed by atoms with E-state index in [1.807, 2.05) is 0 Å². The molecule has 0 saturated carbocycles. The Bertz CT molecular complexity index is 1960. The Labute approximate surface area is 561 Å². The van der Waals surface area contributed by atoms with Crippen LogP contribution in [0.25, 0.3) is 0 Å². The maximum Gasteiger partial charge on any atom is 0.472 e. The second kappa shape index (κ2) is 75.2. The molecule has 10 heteroatoms. The maximum absolute atomic E-state index is 12.8. The van der Waals surface area contributed by atoms with Crippen molar-refractivity contribution in [1.29, 1.82) is 0 Å². The quantitative estimate of drug-likeness (QED) is 0.0264. The van der Waals surface area contributed by atoms with Crippen molar-refractivity contribution in [3.05, 3.63) is 134 Å². The van der Waals surface area contributed by atoms with Crippen LogP contribution >= 0.6 is 7.82 Å². The zero-order valence-electron chi connectivity index (χ0n) is 58.8. The molecule has 0 bridgehead atoms. The van der Waals surface area contributed by atoms with E-state index in [1.54, 1.807) is 0 Å². The summed E-state index contributed by atoms with van der Waals surface area (Å²) in [6, 6.07) is 0. The third-order valence-corrected chi connectivity index (χ3v) is 17.0. The van der Waals surface area contributed by atoms with E-state index in [-0.39, 0.29) is 38.6 Å². The summed E-state index contributed by atoms with van der Waals surface area (Å²) in [7, 11) is -4.41. The summed E-state index contributed by atoms with van der Waals surface area (Å²) in [6.07, 6.45) is 107. The van der Waals surface area contributed by atoms with E-state index in [4.69, 9.17) is 24.3 Å². The van der Waals surface area contributed by atoms with Gasteiger partial charge in [0.1, 0.15) is 6.61 Å². The maximum atomic E-state index is 12.8. The Hall–Kier alpha value is -3.85. The lowest BCUT2D eigenvalue weighted by atomic mass is 10.0. The fraction of sp³-hybridized carbons (Fsp3) is 0.704. The number of hydrogen-bond acceptors (Lipinski definition) is 8. The number of carbonyl (C=O) groups is 2. The molecule has 3 N–H and O–H groups in total. The molecule has 0 rings (SSSR count). The van der Waals surface area contributed by atoms with Crippen LogP contribution in [0.5, 0.6) is 0 Å². The van der Waals surface area contributed by atoms with Crippen molar-refractivity contribution in [3.63, 3.8) is 0 Å². The Morgan fingerprint density at radius 3 is 0.912 bits per heavy atom. The van der Waals surface area contributed by atoms with E-state index in [0.717, 1.165) is 109 Å². The normalized spacial score (nSPS) is 13.7. The highest BCUT2D eigenvalue weighted by Gasteiger charge is 2.26.